The quantitative estimate of drug-likeness (QED) is 0.305. The molecule has 7 N–H and O–H groups in total. The summed E-state index contributed by atoms with van der Waals surface area (Å²) in [5.41, 5.74) is 5.49. The van der Waals surface area contributed by atoms with Crippen molar-refractivity contribution in [3.05, 3.63) is 0 Å². The van der Waals surface area contributed by atoms with Crippen LogP contribution in [-0.2, 0) is 14.5 Å². The summed E-state index contributed by atoms with van der Waals surface area (Å²) < 4.78 is 16.6. The molecule has 0 radical (unpaired) electrons. The highest BCUT2D eigenvalue weighted by atomic mass is 19.3. The van der Waals surface area contributed by atoms with Gasteiger partial charge in [0.15, 0.2) is 0 Å². The molecule has 0 saturated carbocycles. The third-order valence-corrected chi connectivity index (χ3v) is 2.95. The molecule has 1 rings (SSSR count). The lowest BCUT2D eigenvalue weighted by Crippen LogP contribution is -2.65. The lowest BCUT2D eigenvalue weighted by Gasteiger charge is -2.43. The van der Waals surface area contributed by atoms with Crippen molar-refractivity contribution in [2.24, 2.45) is 5.73 Å². The van der Waals surface area contributed by atoms with Gasteiger partial charge < -0.3 is 36.0 Å². The molecule has 0 bridgehead atoms. The summed E-state index contributed by atoms with van der Waals surface area (Å²) in [6.45, 7) is -0.851. The van der Waals surface area contributed by atoms with E-state index in [0.717, 1.165) is 0 Å². The molecule has 10 heteroatoms. The predicted molar refractivity (Wildman–Crippen MR) is 54.7 cm³/mol. The van der Waals surface area contributed by atoms with E-state index in [-0.39, 0.29) is 0 Å². The Morgan fingerprint density at radius 1 is 1.58 bits per heavy atom. The fraction of sp³-hybridized carbons (Fsp3) is 0.889. The van der Waals surface area contributed by atoms with Crippen LogP contribution in [0.4, 0.5) is 4.53 Å². The summed E-state index contributed by atoms with van der Waals surface area (Å²) in [5, 5.41) is 46.9. The second kappa shape index (κ2) is 6.05. The Balaban J connectivity index is 2.94. The van der Waals surface area contributed by atoms with E-state index in [2.05, 4.69) is 4.94 Å². The molecule has 1 unspecified atom stereocenters. The second-order valence-electron chi connectivity index (χ2n) is 4.32. The van der Waals surface area contributed by atoms with Crippen molar-refractivity contribution in [3.8, 4) is 0 Å². The Kier molecular flexibility index (Phi) is 5.15. The first-order valence-electron chi connectivity index (χ1n) is 5.40. The van der Waals surface area contributed by atoms with Crippen molar-refractivity contribution in [3.63, 3.8) is 0 Å². The van der Waals surface area contributed by atoms with Gasteiger partial charge in [0.1, 0.15) is 18.3 Å². The van der Waals surface area contributed by atoms with Gasteiger partial charge in [0.2, 0.25) is 0 Å². The van der Waals surface area contributed by atoms with E-state index in [1.165, 1.54) is 0 Å². The minimum Gasteiger partial charge on any atom is -0.394 e. The lowest BCUT2D eigenvalue weighted by atomic mass is 9.89. The largest absolute Gasteiger partial charge is 0.407 e. The summed E-state index contributed by atoms with van der Waals surface area (Å²) in [5.74, 6) is -4.67. The highest BCUT2D eigenvalue weighted by Gasteiger charge is 2.53. The molecule has 1 fully saturated rings. The molecule has 1 heterocycles. The third-order valence-electron chi connectivity index (χ3n) is 2.95. The average molecular weight is 285 g/mol. The zero-order chi connectivity index (χ0) is 14.8. The number of aliphatic hydroxyl groups is 5. The summed E-state index contributed by atoms with van der Waals surface area (Å²) in [6.07, 6.45) is -7.41. The van der Waals surface area contributed by atoms with Crippen LogP contribution < -0.4 is 5.73 Å². The Labute approximate surface area is 106 Å². The van der Waals surface area contributed by atoms with Crippen molar-refractivity contribution < 1.29 is 44.5 Å². The Morgan fingerprint density at radius 2 is 2.16 bits per heavy atom. The number of hydrogen-bond donors (Lipinski definition) is 6. The van der Waals surface area contributed by atoms with Crippen molar-refractivity contribution in [1.29, 1.82) is 0 Å². The molecular formula is C9H16FNO8. The minimum absolute atomic E-state index is 0.768. The number of hydrogen-bond acceptors (Lipinski definition) is 9. The molecule has 0 spiro atoms. The summed E-state index contributed by atoms with van der Waals surface area (Å²) in [6, 6.07) is -1.27. The van der Waals surface area contributed by atoms with Crippen LogP contribution in [0.5, 0.6) is 0 Å². The SMILES string of the molecule is N[C@H]1[C@H]([C@H](O)[C@H](O)CO)OC(O)(C(=O)OF)C[C@@H]1O. The van der Waals surface area contributed by atoms with Crippen LogP contribution in [0, 0.1) is 0 Å². The topological polar surface area (TPSA) is 163 Å². The Bertz CT molecular complexity index is 331. The van der Waals surface area contributed by atoms with Gasteiger partial charge in [0.05, 0.1) is 18.8 Å². The van der Waals surface area contributed by atoms with E-state index in [1.807, 2.05) is 0 Å². The van der Waals surface area contributed by atoms with Crippen LogP contribution in [0.15, 0.2) is 0 Å². The summed E-state index contributed by atoms with van der Waals surface area (Å²) in [4.78, 5) is 13.9. The summed E-state index contributed by atoms with van der Waals surface area (Å²) in [7, 11) is 0. The van der Waals surface area contributed by atoms with E-state index in [9.17, 15) is 29.7 Å². The zero-order valence-electron chi connectivity index (χ0n) is 9.72. The van der Waals surface area contributed by atoms with E-state index < -0.39 is 55.2 Å². The molecule has 1 aliphatic rings. The van der Waals surface area contributed by atoms with Gasteiger partial charge in [-0.05, 0) is 0 Å². The maximum atomic E-state index is 11.8. The second-order valence-corrected chi connectivity index (χ2v) is 4.32. The highest BCUT2D eigenvalue weighted by molar-refractivity contribution is 5.77. The van der Waals surface area contributed by atoms with Crippen molar-refractivity contribution in [1.82, 2.24) is 0 Å². The number of rotatable bonds is 4. The molecule has 0 aromatic carbocycles. The fourth-order valence-corrected chi connectivity index (χ4v) is 1.81. The molecule has 0 amide bonds. The van der Waals surface area contributed by atoms with Gasteiger partial charge >= 0.3 is 5.97 Å². The minimum atomic E-state index is -2.84. The molecule has 0 aromatic rings. The van der Waals surface area contributed by atoms with Gasteiger partial charge in [0.25, 0.3) is 5.79 Å². The van der Waals surface area contributed by atoms with Gasteiger partial charge in [-0.2, -0.15) is 0 Å². The van der Waals surface area contributed by atoms with Crippen LogP contribution >= 0.6 is 0 Å². The Hall–Kier alpha value is -0.880. The zero-order valence-corrected chi connectivity index (χ0v) is 9.72. The molecule has 6 atom stereocenters. The highest BCUT2D eigenvalue weighted by Crippen LogP contribution is 2.30. The van der Waals surface area contributed by atoms with Gasteiger partial charge in [-0.1, -0.05) is 0 Å². The first-order chi connectivity index (χ1) is 8.76. The van der Waals surface area contributed by atoms with Gasteiger partial charge in [0, 0.05) is 10.9 Å². The lowest BCUT2D eigenvalue weighted by molar-refractivity contribution is -0.307. The monoisotopic (exact) mass is 285 g/mol. The van der Waals surface area contributed by atoms with Gasteiger partial charge in [-0.25, -0.2) is 9.74 Å². The number of carbonyl (C=O) groups is 1. The van der Waals surface area contributed by atoms with Crippen LogP contribution in [0.25, 0.3) is 0 Å². The molecule has 1 aliphatic heterocycles. The van der Waals surface area contributed by atoms with E-state index >= 15 is 0 Å². The maximum Gasteiger partial charge on any atom is 0.407 e. The fourth-order valence-electron chi connectivity index (χ4n) is 1.81. The molecule has 0 aromatic heterocycles. The molecule has 0 aliphatic carbocycles. The Morgan fingerprint density at radius 3 is 2.63 bits per heavy atom. The number of nitrogens with two attached hydrogens (primary N) is 1. The van der Waals surface area contributed by atoms with Crippen LogP contribution in [0.1, 0.15) is 6.42 Å². The number of ether oxygens (including phenoxy) is 1. The molecule has 19 heavy (non-hydrogen) atoms. The van der Waals surface area contributed by atoms with Gasteiger partial charge in [-0.15, -0.1) is 0 Å². The van der Waals surface area contributed by atoms with E-state index in [1.54, 1.807) is 0 Å². The maximum absolute atomic E-state index is 11.8. The van der Waals surface area contributed by atoms with Gasteiger partial charge in [-0.3, -0.25) is 0 Å². The number of carbonyl (C=O) groups excluding carboxylic acids is 1. The third kappa shape index (κ3) is 3.17. The molecule has 112 valence electrons. The number of halogens is 1. The van der Waals surface area contributed by atoms with E-state index in [0.29, 0.717) is 0 Å². The average Bonchev–Trinajstić information content (AvgIpc) is 2.40. The molecular weight excluding hydrogens is 269 g/mol. The van der Waals surface area contributed by atoms with Crippen molar-refractivity contribution >= 4 is 5.97 Å². The van der Waals surface area contributed by atoms with Crippen LogP contribution in [0.2, 0.25) is 0 Å². The predicted octanol–water partition coefficient (Wildman–Crippen LogP) is -3.71. The standard InChI is InChI=1S/C9H16FNO8/c10-19-8(16)9(17)1-3(13)5(11)7(18-9)6(15)4(14)2-12/h3-7,12-15,17H,1-2,11H2/t3-,4+,5+,6+,7+,9?/m0/s1. The van der Waals surface area contributed by atoms with Crippen LogP contribution in [0.3, 0.4) is 0 Å². The first kappa shape index (κ1) is 16.2. The van der Waals surface area contributed by atoms with Crippen LogP contribution in [-0.4, -0.2) is 74.4 Å². The number of aliphatic hydroxyl groups excluding tert-OH is 4. The first-order valence-corrected chi connectivity index (χ1v) is 5.40. The van der Waals surface area contributed by atoms with Crippen molar-refractivity contribution in [2.45, 2.75) is 42.7 Å². The summed E-state index contributed by atoms with van der Waals surface area (Å²) >= 11 is 0. The van der Waals surface area contributed by atoms with Crippen molar-refractivity contribution in [2.75, 3.05) is 6.61 Å². The molecule has 9 nitrogen and oxygen atoms in total. The molecule has 1 saturated heterocycles. The smallest absolute Gasteiger partial charge is 0.394 e. The normalized spacial score (nSPS) is 38.6. The van der Waals surface area contributed by atoms with E-state index in [4.69, 9.17) is 15.6 Å².